The molecular formula is C15H21N3O5. The number of amides is 2. The van der Waals surface area contributed by atoms with E-state index < -0.39 is 28.9 Å². The van der Waals surface area contributed by atoms with Gasteiger partial charge in [-0.1, -0.05) is 26.0 Å². The lowest BCUT2D eigenvalue weighted by atomic mass is 10.0. The number of aliphatic hydroxyl groups excluding tert-OH is 1. The third kappa shape index (κ3) is 6.03. The molecule has 0 unspecified atom stereocenters. The van der Waals surface area contributed by atoms with Crippen LogP contribution in [0.2, 0.25) is 0 Å². The van der Waals surface area contributed by atoms with Crippen molar-refractivity contribution in [2.75, 3.05) is 0 Å². The van der Waals surface area contributed by atoms with Crippen LogP contribution < -0.4 is 11.1 Å². The minimum absolute atomic E-state index is 0.0687. The van der Waals surface area contributed by atoms with Crippen molar-refractivity contribution in [3.05, 3.63) is 39.9 Å². The summed E-state index contributed by atoms with van der Waals surface area (Å²) in [4.78, 5) is 33.4. The van der Waals surface area contributed by atoms with Crippen molar-refractivity contribution in [1.29, 1.82) is 0 Å². The van der Waals surface area contributed by atoms with Gasteiger partial charge in [0.25, 0.3) is 5.69 Å². The van der Waals surface area contributed by atoms with E-state index in [2.05, 4.69) is 5.32 Å². The summed E-state index contributed by atoms with van der Waals surface area (Å²) in [5.41, 5.74) is 5.81. The minimum atomic E-state index is -1.21. The Bertz CT molecular complexity index is 571. The fourth-order valence-electron chi connectivity index (χ4n) is 2.03. The number of rotatable bonds is 8. The van der Waals surface area contributed by atoms with Crippen LogP contribution in [0.1, 0.15) is 25.8 Å². The van der Waals surface area contributed by atoms with Crippen LogP contribution in [0.15, 0.2) is 24.3 Å². The standard InChI is InChI=1S/C15H21N3O5/c1-9(2)7-13(19)15(21)17-12(14(16)20)8-10-3-5-11(6-4-10)18(22)23/h3-6,9,12-13,19H,7-8H2,1-2H3,(H2,16,20)(H,17,21)/t12-,13-/m1/s1. The predicted octanol–water partition coefficient (Wildman–Crippen LogP) is 0.514. The second-order valence-corrected chi connectivity index (χ2v) is 5.74. The third-order valence-corrected chi connectivity index (χ3v) is 3.24. The highest BCUT2D eigenvalue weighted by Gasteiger charge is 2.23. The molecule has 1 aromatic carbocycles. The molecule has 126 valence electrons. The molecule has 2 amide bonds. The summed E-state index contributed by atoms with van der Waals surface area (Å²) in [5, 5.41) is 22.8. The first-order valence-corrected chi connectivity index (χ1v) is 7.21. The van der Waals surface area contributed by atoms with Gasteiger partial charge in [0.05, 0.1) is 4.92 Å². The molecule has 0 saturated heterocycles. The number of nitro benzene ring substituents is 1. The molecule has 0 aliphatic heterocycles. The van der Waals surface area contributed by atoms with Crippen LogP contribution in [-0.4, -0.2) is 34.0 Å². The summed E-state index contributed by atoms with van der Waals surface area (Å²) in [6.45, 7) is 3.72. The van der Waals surface area contributed by atoms with Crippen molar-refractivity contribution >= 4 is 17.5 Å². The summed E-state index contributed by atoms with van der Waals surface area (Å²) in [7, 11) is 0. The van der Waals surface area contributed by atoms with Gasteiger partial charge in [-0.15, -0.1) is 0 Å². The van der Waals surface area contributed by atoms with Crippen molar-refractivity contribution in [2.45, 2.75) is 38.8 Å². The lowest BCUT2D eigenvalue weighted by Gasteiger charge is -2.19. The zero-order valence-electron chi connectivity index (χ0n) is 13.1. The molecular weight excluding hydrogens is 302 g/mol. The highest BCUT2D eigenvalue weighted by molar-refractivity contribution is 5.88. The SMILES string of the molecule is CC(C)C[C@@H](O)C(=O)N[C@H](Cc1ccc([N+](=O)[O-])cc1)C(N)=O. The molecule has 0 saturated carbocycles. The molecule has 8 heteroatoms. The Morgan fingerprint density at radius 1 is 1.30 bits per heavy atom. The maximum atomic E-state index is 11.9. The van der Waals surface area contributed by atoms with Crippen LogP contribution in [0.5, 0.6) is 0 Å². The van der Waals surface area contributed by atoms with Crippen LogP contribution in [0.3, 0.4) is 0 Å². The highest BCUT2D eigenvalue weighted by atomic mass is 16.6. The molecule has 4 N–H and O–H groups in total. The number of carbonyl (C=O) groups is 2. The fourth-order valence-corrected chi connectivity index (χ4v) is 2.03. The van der Waals surface area contributed by atoms with Crippen LogP contribution >= 0.6 is 0 Å². The van der Waals surface area contributed by atoms with E-state index in [4.69, 9.17) is 5.73 Å². The van der Waals surface area contributed by atoms with Gasteiger partial charge < -0.3 is 16.2 Å². The van der Waals surface area contributed by atoms with Gasteiger partial charge in [0.2, 0.25) is 11.8 Å². The van der Waals surface area contributed by atoms with E-state index in [9.17, 15) is 24.8 Å². The zero-order chi connectivity index (χ0) is 17.6. The number of carbonyl (C=O) groups excluding carboxylic acids is 2. The molecule has 23 heavy (non-hydrogen) atoms. The smallest absolute Gasteiger partial charge is 0.269 e. The first-order valence-electron chi connectivity index (χ1n) is 7.21. The van der Waals surface area contributed by atoms with E-state index in [1.165, 1.54) is 24.3 Å². The van der Waals surface area contributed by atoms with Crippen LogP contribution in [0.4, 0.5) is 5.69 Å². The Kier molecular flexibility index (Phi) is 6.65. The van der Waals surface area contributed by atoms with Gasteiger partial charge in [-0.25, -0.2) is 0 Å². The average Bonchev–Trinajstić information content (AvgIpc) is 2.46. The molecule has 0 fully saturated rings. The van der Waals surface area contributed by atoms with Gasteiger partial charge in [0.15, 0.2) is 0 Å². The van der Waals surface area contributed by atoms with E-state index in [1.54, 1.807) is 0 Å². The van der Waals surface area contributed by atoms with Crippen LogP contribution in [0, 0.1) is 16.0 Å². The Morgan fingerprint density at radius 2 is 1.87 bits per heavy atom. The van der Waals surface area contributed by atoms with Crippen molar-refractivity contribution < 1.29 is 19.6 Å². The maximum Gasteiger partial charge on any atom is 0.269 e. The molecule has 0 aliphatic carbocycles. The average molecular weight is 323 g/mol. The number of nitro groups is 1. The van der Waals surface area contributed by atoms with E-state index in [0.717, 1.165) is 0 Å². The molecule has 1 rings (SSSR count). The number of aliphatic hydroxyl groups is 1. The van der Waals surface area contributed by atoms with Crippen LogP contribution in [-0.2, 0) is 16.0 Å². The molecule has 2 atom stereocenters. The maximum absolute atomic E-state index is 11.9. The third-order valence-electron chi connectivity index (χ3n) is 3.24. The zero-order valence-corrected chi connectivity index (χ0v) is 13.1. The van der Waals surface area contributed by atoms with Crippen molar-refractivity contribution in [2.24, 2.45) is 11.7 Å². The van der Waals surface area contributed by atoms with E-state index in [1.807, 2.05) is 13.8 Å². The summed E-state index contributed by atoms with van der Waals surface area (Å²) in [6.07, 6.45) is -0.851. The first-order chi connectivity index (χ1) is 10.7. The number of hydrogen-bond acceptors (Lipinski definition) is 5. The second kappa shape index (κ2) is 8.23. The van der Waals surface area contributed by atoms with Gasteiger partial charge in [0, 0.05) is 18.6 Å². The van der Waals surface area contributed by atoms with Crippen molar-refractivity contribution in [1.82, 2.24) is 5.32 Å². The number of hydrogen-bond donors (Lipinski definition) is 3. The monoisotopic (exact) mass is 323 g/mol. The topological polar surface area (TPSA) is 136 Å². The molecule has 0 aromatic heterocycles. The highest BCUT2D eigenvalue weighted by Crippen LogP contribution is 2.13. The quantitative estimate of drug-likeness (QED) is 0.473. The summed E-state index contributed by atoms with van der Waals surface area (Å²) >= 11 is 0. The fraction of sp³-hybridized carbons (Fsp3) is 0.467. The number of nitrogens with zero attached hydrogens (tertiary/aromatic N) is 1. The second-order valence-electron chi connectivity index (χ2n) is 5.74. The van der Waals surface area contributed by atoms with Crippen molar-refractivity contribution in [3.8, 4) is 0 Å². The number of non-ortho nitro benzene ring substituents is 1. The van der Waals surface area contributed by atoms with E-state index >= 15 is 0 Å². The lowest BCUT2D eigenvalue weighted by Crippen LogP contribution is -2.49. The van der Waals surface area contributed by atoms with Gasteiger partial charge in [-0.2, -0.15) is 0 Å². The molecule has 0 spiro atoms. The number of nitrogens with two attached hydrogens (primary N) is 1. The molecule has 0 heterocycles. The summed E-state index contributed by atoms with van der Waals surface area (Å²) in [6, 6.07) is 4.60. The van der Waals surface area contributed by atoms with Gasteiger partial charge in [-0.3, -0.25) is 19.7 Å². The van der Waals surface area contributed by atoms with E-state index in [0.29, 0.717) is 5.56 Å². The predicted molar refractivity (Wildman–Crippen MR) is 83.4 cm³/mol. The van der Waals surface area contributed by atoms with Gasteiger partial charge in [-0.05, 0) is 17.9 Å². The molecule has 0 bridgehead atoms. The summed E-state index contributed by atoms with van der Waals surface area (Å²) in [5.74, 6) is -1.28. The molecule has 8 nitrogen and oxygen atoms in total. The Labute approximate surface area is 133 Å². The van der Waals surface area contributed by atoms with E-state index in [-0.39, 0.29) is 24.4 Å². The van der Waals surface area contributed by atoms with Crippen LogP contribution in [0.25, 0.3) is 0 Å². The normalized spacial score (nSPS) is 13.4. The first kappa shape index (κ1) is 18.6. The number of primary amides is 1. The lowest BCUT2D eigenvalue weighted by molar-refractivity contribution is -0.384. The van der Waals surface area contributed by atoms with Crippen molar-refractivity contribution in [3.63, 3.8) is 0 Å². The Hall–Kier alpha value is -2.48. The number of benzene rings is 1. The molecule has 1 aromatic rings. The Balaban J connectivity index is 2.73. The van der Waals surface area contributed by atoms with Gasteiger partial charge in [0.1, 0.15) is 12.1 Å². The summed E-state index contributed by atoms with van der Waals surface area (Å²) < 4.78 is 0. The minimum Gasteiger partial charge on any atom is -0.383 e. The molecule has 0 radical (unpaired) electrons. The largest absolute Gasteiger partial charge is 0.383 e. The Morgan fingerprint density at radius 3 is 2.30 bits per heavy atom. The van der Waals surface area contributed by atoms with Gasteiger partial charge >= 0.3 is 0 Å². The molecule has 0 aliphatic rings. The number of nitrogens with one attached hydrogen (secondary N) is 1.